The van der Waals surface area contributed by atoms with Gasteiger partial charge in [0.1, 0.15) is 58.7 Å². The highest BCUT2D eigenvalue weighted by Crippen LogP contribution is 2.54. The number of allylic oxidation sites excluding steroid dienone is 2. The van der Waals surface area contributed by atoms with Crippen molar-refractivity contribution in [2.45, 2.75) is 0 Å². The Hall–Kier alpha value is -5.18. The number of fused-ring (bicyclic) bond motifs is 6. The molecule has 34 heavy (non-hydrogen) atoms. The maximum absolute atomic E-state index is 14.9. The second-order valence-corrected chi connectivity index (χ2v) is 7.51. The van der Waals surface area contributed by atoms with Gasteiger partial charge in [-0.2, -0.15) is 21.0 Å². The van der Waals surface area contributed by atoms with Gasteiger partial charge in [-0.25, -0.2) is 17.6 Å². The van der Waals surface area contributed by atoms with E-state index in [0.29, 0.717) is 12.1 Å². The maximum Gasteiger partial charge on any atom is 0.138 e. The molecule has 0 aliphatic heterocycles. The van der Waals surface area contributed by atoms with Crippen molar-refractivity contribution in [1.29, 1.82) is 21.0 Å². The lowest BCUT2D eigenvalue weighted by Gasteiger charge is -2.08. The van der Waals surface area contributed by atoms with Crippen LogP contribution in [-0.4, -0.2) is 0 Å². The van der Waals surface area contributed by atoms with E-state index >= 15 is 0 Å². The molecule has 0 atom stereocenters. The molecule has 8 heteroatoms. The normalized spacial score (nSPS) is 11.9. The molecule has 3 aromatic carbocycles. The number of hydrogen-bond donors (Lipinski definition) is 0. The summed E-state index contributed by atoms with van der Waals surface area (Å²) in [5.74, 6) is -3.76. The molecule has 0 saturated carbocycles. The Morgan fingerprint density at radius 2 is 0.824 bits per heavy atom. The molecule has 0 aromatic heterocycles. The van der Waals surface area contributed by atoms with E-state index in [1.165, 1.54) is 12.1 Å². The fourth-order valence-corrected chi connectivity index (χ4v) is 4.62. The molecule has 0 N–H and O–H groups in total. The van der Waals surface area contributed by atoms with Crippen molar-refractivity contribution in [2.24, 2.45) is 0 Å². The van der Waals surface area contributed by atoms with E-state index in [0.717, 1.165) is 12.1 Å². The molecule has 0 amide bonds. The number of nitrogens with zero attached hydrogens (tertiary/aromatic N) is 4. The number of benzene rings is 3. The molecule has 3 aromatic rings. The van der Waals surface area contributed by atoms with E-state index < -0.39 is 34.4 Å². The standard InChI is InChI=1S/C26H6F4N4/c27-13-1-19-23(11(7-31)8-32)15-5-18-16(6-17(15)25(19)21(29)3-13)24(12(9-33)10-34)20-2-14(28)4-22(30)26(18)20/h1-6H. The van der Waals surface area contributed by atoms with E-state index in [1.54, 1.807) is 24.3 Å². The van der Waals surface area contributed by atoms with Gasteiger partial charge in [-0.1, -0.05) is 0 Å². The first kappa shape index (κ1) is 20.7. The molecule has 0 saturated heterocycles. The van der Waals surface area contributed by atoms with E-state index in [2.05, 4.69) is 0 Å². The van der Waals surface area contributed by atoms with Crippen LogP contribution >= 0.6 is 0 Å². The van der Waals surface area contributed by atoms with E-state index in [4.69, 9.17) is 0 Å². The van der Waals surface area contributed by atoms with Crippen LogP contribution < -0.4 is 0 Å². The first-order valence-corrected chi connectivity index (χ1v) is 9.61. The van der Waals surface area contributed by atoms with Crippen LogP contribution in [0.2, 0.25) is 0 Å². The zero-order valence-corrected chi connectivity index (χ0v) is 16.8. The van der Waals surface area contributed by atoms with Crippen molar-refractivity contribution in [3.63, 3.8) is 0 Å². The van der Waals surface area contributed by atoms with Crippen molar-refractivity contribution >= 4 is 11.1 Å². The minimum atomic E-state index is -0.958. The quantitative estimate of drug-likeness (QED) is 0.217. The predicted octanol–water partition coefficient (Wildman–Crippen LogP) is 5.90. The Balaban J connectivity index is 1.99. The topological polar surface area (TPSA) is 95.2 Å². The summed E-state index contributed by atoms with van der Waals surface area (Å²) in [4.78, 5) is 0. The smallest absolute Gasteiger partial charge is 0.138 e. The maximum atomic E-state index is 14.9. The van der Waals surface area contributed by atoms with Gasteiger partial charge < -0.3 is 0 Å². The van der Waals surface area contributed by atoms with Gasteiger partial charge in [0.25, 0.3) is 0 Å². The molecule has 0 bridgehead atoms. The third-order valence-electron chi connectivity index (χ3n) is 5.83. The molecule has 2 aliphatic rings. The molecular weight excluding hydrogens is 444 g/mol. The van der Waals surface area contributed by atoms with Crippen LogP contribution in [0, 0.1) is 68.6 Å². The van der Waals surface area contributed by atoms with Crippen LogP contribution in [0.3, 0.4) is 0 Å². The van der Waals surface area contributed by atoms with Crippen molar-refractivity contribution < 1.29 is 17.6 Å². The second-order valence-electron chi connectivity index (χ2n) is 7.51. The zero-order valence-electron chi connectivity index (χ0n) is 16.8. The Kier molecular flexibility index (Phi) is 4.37. The average molecular weight is 450 g/mol. The molecule has 158 valence electrons. The number of halogens is 4. The van der Waals surface area contributed by atoms with Crippen LogP contribution in [0.5, 0.6) is 0 Å². The SMILES string of the molecule is N#CC(C#N)=C1c2cc3c(cc2-c2c(F)cc(F)cc21)C(=C(C#N)C#N)c1cc(F)cc(F)c1-3. The molecular formula is C26H6F4N4. The van der Waals surface area contributed by atoms with E-state index in [1.807, 2.05) is 0 Å². The number of hydrogen-bond acceptors (Lipinski definition) is 4. The summed E-state index contributed by atoms with van der Waals surface area (Å²) in [5, 5.41) is 37.9. The highest BCUT2D eigenvalue weighted by Gasteiger charge is 2.36. The van der Waals surface area contributed by atoms with Crippen molar-refractivity contribution in [3.05, 3.63) is 93.1 Å². The van der Waals surface area contributed by atoms with Gasteiger partial charge in [-0.15, -0.1) is 0 Å². The fourth-order valence-electron chi connectivity index (χ4n) is 4.62. The lowest BCUT2D eigenvalue weighted by molar-refractivity contribution is 0.584. The van der Waals surface area contributed by atoms with Crippen molar-refractivity contribution in [2.75, 3.05) is 0 Å². The molecule has 0 unspecified atom stereocenters. The average Bonchev–Trinajstić information content (AvgIpc) is 3.27. The summed E-state index contributed by atoms with van der Waals surface area (Å²) in [6, 6.07) is 12.9. The Morgan fingerprint density at radius 3 is 1.15 bits per heavy atom. The molecule has 0 heterocycles. The summed E-state index contributed by atoms with van der Waals surface area (Å²) in [6.07, 6.45) is 0. The summed E-state index contributed by atoms with van der Waals surface area (Å²) < 4.78 is 58.0. The van der Waals surface area contributed by atoms with Gasteiger partial charge in [0, 0.05) is 34.4 Å². The van der Waals surface area contributed by atoms with Crippen LogP contribution in [0.4, 0.5) is 17.6 Å². The number of nitriles is 4. The minimum Gasteiger partial charge on any atom is -0.207 e. The monoisotopic (exact) mass is 450 g/mol. The predicted molar refractivity (Wildman–Crippen MR) is 112 cm³/mol. The van der Waals surface area contributed by atoms with Gasteiger partial charge in [-0.05, 0) is 57.6 Å². The first-order valence-electron chi connectivity index (χ1n) is 9.61. The van der Waals surface area contributed by atoms with Crippen LogP contribution in [0.25, 0.3) is 33.4 Å². The van der Waals surface area contributed by atoms with Gasteiger partial charge in [0.05, 0.1) is 0 Å². The van der Waals surface area contributed by atoms with Gasteiger partial charge in [0.15, 0.2) is 0 Å². The molecule has 2 aliphatic carbocycles. The molecule has 5 rings (SSSR count). The largest absolute Gasteiger partial charge is 0.207 e. The third-order valence-corrected chi connectivity index (χ3v) is 5.83. The summed E-state index contributed by atoms with van der Waals surface area (Å²) in [6.45, 7) is 0. The highest BCUT2D eigenvalue weighted by atomic mass is 19.1. The summed E-state index contributed by atoms with van der Waals surface area (Å²) in [5.41, 5.74) is -0.453. The van der Waals surface area contributed by atoms with E-state index in [9.17, 15) is 38.6 Å². The van der Waals surface area contributed by atoms with E-state index in [-0.39, 0.29) is 55.7 Å². The van der Waals surface area contributed by atoms with Gasteiger partial charge >= 0.3 is 0 Å². The highest BCUT2D eigenvalue weighted by molar-refractivity contribution is 6.11. The van der Waals surface area contributed by atoms with Gasteiger partial charge in [-0.3, -0.25) is 0 Å². The molecule has 0 fully saturated rings. The Morgan fingerprint density at radius 1 is 0.471 bits per heavy atom. The zero-order chi connectivity index (χ0) is 24.3. The van der Waals surface area contributed by atoms with Gasteiger partial charge in [0.2, 0.25) is 0 Å². The van der Waals surface area contributed by atoms with Crippen molar-refractivity contribution in [3.8, 4) is 46.5 Å². The summed E-state index contributed by atoms with van der Waals surface area (Å²) in [7, 11) is 0. The van der Waals surface area contributed by atoms with Crippen LogP contribution in [0.1, 0.15) is 22.3 Å². The van der Waals surface area contributed by atoms with Crippen molar-refractivity contribution in [1.82, 2.24) is 0 Å². The fraction of sp³-hybridized carbons (Fsp3) is 0. The van der Waals surface area contributed by atoms with Crippen LogP contribution in [0.15, 0.2) is 47.5 Å². The number of rotatable bonds is 0. The molecule has 0 spiro atoms. The third kappa shape index (κ3) is 2.61. The first-order chi connectivity index (χ1) is 16.3. The summed E-state index contributed by atoms with van der Waals surface area (Å²) >= 11 is 0. The lowest BCUT2D eigenvalue weighted by Crippen LogP contribution is -1.91. The lowest BCUT2D eigenvalue weighted by atomic mass is 9.93. The molecule has 4 nitrogen and oxygen atoms in total. The van der Waals surface area contributed by atoms with Crippen LogP contribution in [-0.2, 0) is 0 Å². The Labute approximate surface area is 189 Å². The minimum absolute atomic E-state index is 0.0274. The Bertz CT molecular complexity index is 1570. The molecule has 0 radical (unpaired) electrons. The second kappa shape index (κ2) is 7.17.